The van der Waals surface area contributed by atoms with E-state index in [0.29, 0.717) is 45.9 Å². The zero-order valence-electron chi connectivity index (χ0n) is 19.5. The molecule has 0 N–H and O–H groups in total. The Hall–Kier alpha value is -2.74. The normalized spacial score (nSPS) is 17.7. The molecule has 0 bridgehead atoms. The van der Waals surface area contributed by atoms with Crippen molar-refractivity contribution >= 4 is 17.5 Å². The van der Waals surface area contributed by atoms with Crippen LogP contribution in [0.15, 0.2) is 54.6 Å². The van der Waals surface area contributed by atoms with Gasteiger partial charge in [-0.25, -0.2) is 0 Å². The van der Waals surface area contributed by atoms with Crippen LogP contribution in [0, 0.1) is 6.92 Å². The number of rotatable bonds is 7. The van der Waals surface area contributed by atoms with Crippen LogP contribution in [0.1, 0.15) is 11.1 Å². The Labute approximate surface area is 196 Å². The molecule has 0 unspecified atom stereocenters. The van der Waals surface area contributed by atoms with Crippen molar-refractivity contribution in [2.24, 2.45) is 0 Å². The van der Waals surface area contributed by atoms with Crippen LogP contribution < -0.4 is 4.90 Å². The van der Waals surface area contributed by atoms with E-state index in [1.54, 1.807) is 0 Å². The molecule has 0 radical (unpaired) electrons. The molecule has 176 valence electrons. The van der Waals surface area contributed by atoms with Gasteiger partial charge in [0.2, 0.25) is 11.8 Å². The highest BCUT2D eigenvalue weighted by Gasteiger charge is 2.25. The van der Waals surface area contributed by atoms with E-state index >= 15 is 0 Å². The van der Waals surface area contributed by atoms with Crippen LogP contribution in [0.4, 0.5) is 5.69 Å². The second-order valence-electron chi connectivity index (χ2n) is 8.85. The van der Waals surface area contributed by atoms with Crippen LogP contribution in [0.2, 0.25) is 0 Å². The molecule has 0 aromatic heterocycles. The lowest BCUT2D eigenvalue weighted by Crippen LogP contribution is -2.53. The van der Waals surface area contributed by atoms with Crippen molar-refractivity contribution in [2.75, 3.05) is 70.5 Å². The van der Waals surface area contributed by atoms with Crippen molar-refractivity contribution in [1.29, 1.82) is 0 Å². The summed E-state index contributed by atoms with van der Waals surface area (Å²) in [4.78, 5) is 34.1. The lowest BCUT2D eigenvalue weighted by Gasteiger charge is -2.36. The topological polar surface area (TPSA) is 56.3 Å². The van der Waals surface area contributed by atoms with E-state index in [-0.39, 0.29) is 11.8 Å². The third-order valence-corrected chi connectivity index (χ3v) is 6.34. The number of amides is 2. The number of hydrogen-bond acceptors (Lipinski definition) is 5. The van der Waals surface area contributed by atoms with E-state index in [1.165, 1.54) is 0 Å². The largest absolute Gasteiger partial charge is 0.378 e. The first-order chi connectivity index (χ1) is 16.1. The van der Waals surface area contributed by atoms with Crippen molar-refractivity contribution in [2.45, 2.75) is 13.5 Å². The molecule has 4 rings (SSSR count). The van der Waals surface area contributed by atoms with E-state index in [1.807, 2.05) is 53.1 Å². The number of carbonyl (C=O) groups excluding carboxylic acids is 2. The lowest BCUT2D eigenvalue weighted by atomic mass is 10.1. The molecule has 7 nitrogen and oxygen atoms in total. The van der Waals surface area contributed by atoms with E-state index in [0.717, 1.165) is 43.0 Å². The fourth-order valence-electron chi connectivity index (χ4n) is 4.37. The number of aryl methyl sites for hydroxylation is 1. The summed E-state index contributed by atoms with van der Waals surface area (Å²) < 4.78 is 5.34. The molecule has 2 amide bonds. The first kappa shape index (κ1) is 23.4. The first-order valence-electron chi connectivity index (χ1n) is 11.8. The van der Waals surface area contributed by atoms with Gasteiger partial charge in [0.15, 0.2) is 0 Å². The fraction of sp³-hybridized carbons (Fsp3) is 0.462. The van der Waals surface area contributed by atoms with Gasteiger partial charge in [0.1, 0.15) is 0 Å². The summed E-state index contributed by atoms with van der Waals surface area (Å²) in [5.74, 6) is 0.276. The zero-order chi connectivity index (χ0) is 23.0. The van der Waals surface area contributed by atoms with Crippen LogP contribution in [-0.2, 0) is 20.9 Å². The summed E-state index contributed by atoms with van der Waals surface area (Å²) in [5.41, 5.74) is 3.18. The number of ether oxygens (including phenoxy) is 1. The summed E-state index contributed by atoms with van der Waals surface area (Å²) in [6.07, 6.45) is 0. The van der Waals surface area contributed by atoms with Gasteiger partial charge in [0, 0.05) is 45.0 Å². The molecular weight excluding hydrogens is 416 g/mol. The molecular formula is C26H34N4O3. The van der Waals surface area contributed by atoms with Crippen molar-refractivity contribution in [1.82, 2.24) is 14.7 Å². The van der Waals surface area contributed by atoms with Gasteiger partial charge >= 0.3 is 0 Å². The molecule has 2 aliphatic heterocycles. The average molecular weight is 451 g/mol. The molecule has 7 heteroatoms. The van der Waals surface area contributed by atoms with Gasteiger partial charge in [-0.1, -0.05) is 42.5 Å². The Morgan fingerprint density at radius 2 is 1.52 bits per heavy atom. The minimum absolute atomic E-state index is 0.0993. The minimum Gasteiger partial charge on any atom is -0.378 e. The maximum Gasteiger partial charge on any atom is 0.241 e. The van der Waals surface area contributed by atoms with Gasteiger partial charge in [-0.2, -0.15) is 0 Å². The molecule has 0 atom stereocenters. The van der Waals surface area contributed by atoms with Crippen molar-refractivity contribution < 1.29 is 14.3 Å². The molecule has 2 heterocycles. The van der Waals surface area contributed by atoms with Gasteiger partial charge in [0.25, 0.3) is 0 Å². The third-order valence-electron chi connectivity index (χ3n) is 6.34. The number of benzene rings is 2. The maximum atomic E-state index is 13.4. The van der Waals surface area contributed by atoms with E-state index in [4.69, 9.17) is 4.74 Å². The van der Waals surface area contributed by atoms with Gasteiger partial charge in [-0.15, -0.1) is 0 Å². The van der Waals surface area contributed by atoms with E-state index in [2.05, 4.69) is 28.0 Å². The third kappa shape index (κ3) is 6.63. The standard InChI is InChI=1S/C26H34N4O3/c1-22-6-5-9-24(18-22)30(19-23-7-3-2-4-8-23)26(32)21-28-12-10-27(11-13-28)20-25(31)29-14-16-33-17-15-29/h2-9,18H,10-17,19-21H2,1H3. The summed E-state index contributed by atoms with van der Waals surface area (Å²) in [6, 6.07) is 18.2. The highest BCUT2D eigenvalue weighted by Crippen LogP contribution is 2.20. The first-order valence-corrected chi connectivity index (χ1v) is 11.8. The Kier molecular flexibility index (Phi) is 8.10. The maximum absolute atomic E-state index is 13.4. The van der Waals surface area contributed by atoms with Crippen LogP contribution in [0.3, 0.4) is 0 Å². The Balaban J connectivity index is 1.33. The minimum atomic E-state index is 0.0993. The second kappa shape index (κ2) is 11.4. The highest BCUT2D eigenvalue weighted by atomic mass is 16.5. The summed E-state index contributed by atoms with van der Waals surface area (Å²) in [6.45, 7) is 9.22. The van der Waals surface area contributed by atoms with Crippen LogP contribution in [-0.4, -0.2) is 92.1 Å². The monoisotopic (exact) mass is 450 g/mol. The van der Waals surface area contributed by atoms with E-state index in [9.17, 15) is 9.59 Å². The van der Waals surface area contributed by atoms with Crippen LogP contribution >= 0.6 is 0 Å². The lowest BCUT2D eigenvalue weighted by molar-refractivity contribution is -0.137. The van der Waals surface area contributed by atoms with Gasteiger partial charge in [-0.3, -0.25) is 19.4 Å². The Morgan fingerprint density at radius 1 is 0.848 bits per heavy atom. The number of piperazine rings is 1. The van der Waals surface area contributed by atoms with Crippen molar-refractivity contribution in [3.8, 4) is 0 Å². The predicted molar refractivity (Wildman–Crippen MR) is 129 cm³/mol. The SMILES string of the molecule is Cc1cccc(N(Cc2ccccc2)C(=O)CN2CCN(CC(=O)N3CCOCC3)CC2)c1. The quantitative estimate of drug-likeness (QED) is 0.646. The van der Waals surface area contributed by atoms with E-state index < -0.39 is 0 Å². The number of morpholine rings is 1. The number of nitrogens with zero attached hydrogens (tertiary/aromatic N) is 4. The number of carbonyl (C=O) groups is 2. The van der Waals surface area contributed by atoms with Gasteiger partial charge < -0.3 is 14.5 Å². The van der Waals surface area contributed by atoms with Crippen LogP contribution in [0.25, 0.3) is 0 Å². The summed E-state index contributed by atoms with van der Waals surface area (Å²) in [5, 5.41) is 0. The predicted octanol–water partition coefficient (Wildman–Crippen LogP) is 2.00. The van der Waals surface area contributed by atoms with Gasteiger partial charge in [0.05, 0.1) is 32.8 Å². The molecule has 2 aromatic carbocycles. The molecule has 0 spiro atoms. The van der Waals surface area contributed by atoms with Crippen molar-refractivity contribution in [3.63, 3.8) is 0 Å². The van der Waals surface area contributed by atoms with Gasteiger partial charge in [-0.05, 0) is 30.2 Å². The second-order valence-corrected chi connectivity index (χ2v) is 8.85. The highest BCUT2D eigenvalue weighted by molar-refractivity contribution is 5.94. The number of hydrogen-bond donors (Lipinski definition) is 0. The fourth-order valence-corrected chi connectivity index (χ4v) is 4.37. The van der Waals surface area contributed by atoms with Crippen molar-refractivity contribution in [3.05, 3.63) is 65.7 Å². The smallest absolute Gasteiger partial charge is 0.241 e. The molecule has 2 fully saturated rings. The molecule has 2 saturated heterocycles. The molecule has 0 saturated carbocycles. The Morgan fingerprint density at radius 3 is 2.18 bits per heavy atom. The molecule has 2 aromatic rings. The van der Waals surface area contributed by atoms with Crippen LogP contribution in [0.5, 0.6) is 0 Å². The number of anilines is 1. The summed E-state index contributed by atoms with van der Waals surface area (Å²) in [7, 11) is 0. The summed E-state index contributed by atoms with van der Waals surface area (Å²) >= 11 is 0. The molecule has 33 heavy (non-hydrogen) atoms. The Bertz CT molecular complexity index is 922. The molecule has 2 aliphatic rings. The zero-order valence-corrected chi connectivity index (χ0v) is 19.5. The molecule has 0 aliphatic carbocycles. The average Bonchev–Trinajstić information content (AvgIpc) is 2.85.